The number of rotatable bonds is 10. The van der Waals surface area contributed by atoms with Crippen molar-refractivity contribution in [2.75, 3.05) is 7.11 Å². The second kappa shape index (κ2) is 10.9. The first-order valence-corrected chi connectivity index (χ1v) is 12.4. The van der Waals surface area contributed by atoms with Gasteiger partial charge in [-0.1, -0.05) is 66.7 Å². The Morgan fingerprint density at radius 2 is 1.55 bits per heavy atom. The normalized spacial score (nSPS) is 11.6. The minimum Gasteiger partial charge on any atom is -0.493 e. The highest BCUT2D eigenvalue weighted by atomic mass is 16.5. The Bertz CT molecular complexity index is 1580. The molecule has 2 aromatic heterocycles. The number of aromatic amines is 1. The Morgan fingerprint density at radius 3 is 2.24 bits per heavy atom. The van der Waals surface area contributed by atoms with Crippen LogP contribution in [0.15, 0.2) is 85.2 Å². The summed E-state index contributed by atoms with van der Waals surface area (Å²) < 4.78 is 19.8. The number of nitrogens with zero attached hydrogens (tertiary/aromatic N) is 3. The number of H-pyrrole nitrogens is 1. The molecule has 0 saturated heterocycles. The fourth-order valence-electron chi connectivity index (χ4n) is 4.16. The Balaban J connectivity index is 1.40. The number of ether oxygens (including phenoxy) is 3. The van der Waals surface area contributed by atoms with Crippen LogP contribution in [0.2, 0.25) is 0 Å². The number of imidazole rings is 1. The van der Waals surface area contributed by atoms with Crippen LogP contribution in [0.3, 0.4) is 0 Å². The first kappa shape index (κ1) is 25.2. The lowest BCUT2D eigenvalue weighted by Crippen LogP contribution is -2.23. The fraction of sp³-hybridized carbons (Fsp3) is 0.233. The Labute approximate surface area is 221 Å². The second-order valence-corrected chi connectivity index (χ2v) is 9.55. The summed E-state index contributed by atoms with van der Waals surface area (Å²) in [4.78, 5) is 12.4. The van der Waals surface area contributed by atoms with E-state index in [1.807, 2.05) is 97.3 Å². The standard InChI is InChI=1S/C30H31N5O3/c1-30(2,38-19-22-12-8-5-9-13-22)29-33-26-27(31)32-20-35(28(26)34-29)17-23-14-15-24(36-3)25(16-23)37-18-21-10-6-4-7-11-21/h4-16,20,31H,17-19H2,1-3H3,(H,33,34). The fourth-order valence-corrected chi connectivity index (χ4v) is 4.16. The molecular weight excluding hydrogens is 478 g/mol. The average molecular weight is 510 g/mol. The van der Waals surface area contributed by atoms with E-state index in [0.717, 1.165) is 16.7 Å². The molecule has 0 aliphatic rings. The van der Waals surface area contributed by atoms with Gasteiger partial charge in [0.2, 0.25) is 0 Å². The molecule has 5 aromatic rings. The lowest BCUT2D eigenvalue weighted by atomic mass is 10.1. The van der Waals surface area contributed by atoms with Crippen LogP contribution in [-0.4, -0.2) is 26.6 Å². The van der Waals surface area contributed by atoms with Crippen molar-refractivity contribution in [3.05, 3.63) is 113 Å². The number of methoxy groups -OCH3 is 1. The number of hydrogen-bond donors (Lipinski definition) is 2. The molecule has 3 aromatic carbocycles. The summed E-state index contributed by atoms with van der Waals surface area (Å²) in [6, 6.07) is 25.9. The molecule has 8 heteroatoms. The molecule has 0 bridgehead atoms. The molecular formula is C30H31N5O3. The van der Waals surface area contributed by atoms with Crippen LogP contribution in [0.5, 0.6) is 11.5 Å². The van der Waals surface area contributed by atoms with Crippen LogP contribution in [-0.2, 0) is 30.1 Å². The van der Waals surface area contributed by atoms with Crippen LogP contribution >= 0.6 is 0 Å². The summed E-state index contributed by atoms with van der Waals surface area (Å²) in [5.41, 5.74) is 3.79. The van der Waals surface area contributed by atoms with E-state index in [0.29, 0.717) is 48.2 Å². The molecule has 194 valence electrons. The first-order valence-electron chi connectivity index (χ1n) is 12.4. The summed E-state index contributed by atoms with van der Waals surface area (Å²) in [6.45, 7) is 5.32. The molecule has 0 fully saturated rings. The summed E-state index contributed by atoms with van der Waals surface area (Å²) in [5.74, 6) is 1.97. The van der Waals surface area contributed by atoms with Gasteiger partial charge < -0.3 is 23.8 Å². The maximum absolute atomic E-state index is 8.35. The van der Waals surface area contributed by atoms with Gasteiger partial charge in [0, 0.05) is 0 Å². The third kappa shape index (κ3) is 5.60. The molecule has 8 nitrogen and oxygen atoms in total. The van der Waals surface area contributed by atoms with Gasteiger partial charge in [0.05, 0.1) is 26.6 Å². The van der Waals surface area contributed by atoms with E-state index in [9.17, 15) is 0 Å². The zero-order valence-corrected chi connectivity index (χ0v) is 21.8. The van der Waals surface area contributed by atoms with Gasteiger partial charge in [-0.05, 0) is 42.7 Å². The summed E-state index contributed by atoms with van der Waals surface area (Å²) in [7, 11) is 1.63. The predicted molar refractivity (Wildman–Crippen MR) is 145 cm³/mol. The molecule has 0 aliphatic carbocycles. The molecule has 5 rings (SSSR count). The first-order chi connectivity index (χ1) is 18.4. The number of aromatic nitrogens is 4. The van der Waals surface area contributed by atoms with Gasteiger partial charge in [-0.25, -0.2) is 9.97 Å². The van der Waals surface area contributed by atoms with Crippen molar-refractivity contribution in [1.82, 2.24) is 19.5 Å². The smallest absolute Gasteiger partial charge is 0.173 e. The average Bonchev–Trinajstić information content (AvgIpc) is 3.42. The van der Waals surface area contributed by atoms with Gasteiger partial charge in [-0.3, -0.25) is 5.41 Å². The minimum atomic E-state index is -0.697. The minimum absolute atomic E-state index is 0.135. The van der Waals surface area contributed by atoms with Crippen molar-refractivity contribution in [2.24, 2.45) is 0 Å². The van der Waals surface area contributed by atoms with Crippen LogP contribution < -0.4 is 15.0 Å². The zero-order chi connectivity index (χ0) is 26.5. The van der Waals surface area contributed by atoms with Crippen molar-refractivity contribution in [1.29, 1.82) is 5.41 Å². The van der Waals surface area contributed by atoms with Crippen molar-refractivity contribution in [3.8, 4) is 11.5 Å². The van der Waals surface area contributed by atoms with Gasteiger partial charge in [0.15, 0.2) is 22.6 Å². The number of fused-ring (bicyclic) bond motifs is 1. The lowest BCUT2D eigenvalue weighted by molar-refractivity contribution is -0.0393. The van der Waals surface area contributed by atoms with Crippen LogP contribution in [0.25, 0.3) is 11.2 Å². The van der Waals surface area contributed by atoms with Crippen LogP contribution in [0.4, 0.5) is 0 Å². The molecule has 2 N–H and O–H groups in total. The Kier molecular flexibility index (Phi) is 7.24. The third-order valence-corrected chi connectivity index (χ3v) is 6.35. The largest absolute Gasteiger partial charge is 0.493 e. The van der Waals surface area contributed by atoms with Gasteiger partial charge >= 0.3 is 0 Å². The number of hydrogen-bond acceptors (Lipinski definition) is 6. The number of nitrogens with one attached hydrogen (secondary N) is 2. The van der Waals surface area contributed by atoms with E-state index in [-0.39, 0.29) is 5.49 Å². The third-order valence-electron chi connectivity index (χ3n) is 6.35. The second-order valence-electron chi connectivity index (χ2n) is 9.55. The van der Waals surface area contributed by atoms with Crippen molar-refractivity contribution in [3.63, 3.8) is 0 Å². The molecule has 38 heavy (non-hydrogen) atoms. The Morgan fingerprint density at radius 1 is 0.868 bits per heavy atom. The summed E-state index contributed by atoms with van der Waals surface area (Å²) >= 11 is 0. The van der Waals surface area contributed by atoms with E-state index in [1.165, 1.54) is 0 Å². The van der Waals surface area contributed by atoms with E-state index in [2.05, 4.69) is 9.97 Å². The van der Waals surface area contributed by atoms with Gasteiger partial charge in [0.25, 0.3) is 0 Å². The highest BCUT2D eigenvalue weighted by Gasteiger charge is 2.26. The molecule has 0 aliphatic heterocycles. The van der Waals surface area contributed by atoms with E-state index < -0.39 is 5.60 Å². The summed E-state index contributed by atoms with van der Waals surface area (Å²) in [5, 5.41) is 8.35. The van der Waals surface area contributed by atoms with Gasteiger partial charge in [-0.2, -0.15) is 0 Å². The molecule has 2 heterocycles. The highest BCUT2D eigenvalue weighted by Crippen LogP contribution is 2.30. The van der Waals surface area contributed by atoms with Crippen molar-refractivity contribution in [2.45, 2.75) is 39.2 Å². The lowest BCUT2D eigenvalue weighted by Gasteiger charge is -2.23. The molecule has 0 radical (unpaired) electrons. The quantitative estimate of drug-likeness (QED) is 0.265. The summed E-state index contributed by atoms with van der Waals surface area (Å²) in [6.07, 6.45) is 1.64. The molecule has 0 spiro atoms. The maximum atomic E-state index is 8.35. The van der Waals surface area contributed by atoms with Crippen molar-refractivity contribution < 1.29 is 14.2 Å². The van der Waals surface area contributed by atoms with E-state index >= 15 is 0 Å². The Hall–Kier alpha value is -4.43. The molecule has 0 unspecified atom stereocenters. The van der Waals surface area contributed by atoms with Crippen LogP contribution in [0, 0.1) is 5.41 Å². The SMILES string of the molecule is COc1ccc(Cn2cnc(=N)c3[nH]c(C(C)(C)OCc4ccccc4)nc32)cc1OCc1ccccc1. The molecule has 0 saturated carbocycles. The topological polar surface area (TPSA) is 98.0 Å². The van der Waals surface area contributed by atoms with Crippen molar-refractivity contribution >= 4 is 11.2 Å². The predicted octanol–water partition coefficient (Wildman–Crippen LogP) is 5.33. The molecule has 0 amide bonds. The maximum Gasteiger partial charge on any atom is 0.173 e. The van der Waals surface area contributed by atoms with Crippen LogP contribution in [0.1, 0.15) is 36.4 Å². The molecule has 0 atom stereocenters. The van der Waals surface area contributed by atoms with E-state index in [4.69, 9.17) is 24.6 Å². The number of benzene rings is 3. The van der Waals surface area contributed by atoms with Gasteiger partial charge in [-0.15, -0.1) is 0 Å². The monoisotopic (exact) mass is 509 g/mol. The zero-order valence-electron chi connectivity index (χ0n) is 21.8. The van der Waals surface area contributed by atoms with E-state index in [1.54, 1.807) is 13.4 Å². The van der Waals surface area contributed by atoms with Gasteiger partial charge in [0.1, 0.15) is 23.5 Å². The highest BCUT2D eigenvalue weighted by molar-refractivity contribution is 5.69.